The van der Waals surface area contributed by atoms with Gasteiger partial charge in [0.15, 0.2) is 5.00 Å². The molecule has 0 atom stereocenters. The number of nitrogens with zero attached hydrogens (tertiary/aromatic N) is 2. The predicted molar refractivity (Wildman–Crippen MR) is 44.1 cm³/mol. The van der Waals surface area contributed by atoms with Gasteiger partial charge in [0.2, 0.25) is 0 Å². The zero-order valence-electron chi connectivity index (χ0n) is 5.87. The fraction of sp³-hybridized carbons (Fsp3) is 0.333. The lowest BCUT2D eigenvalue weighted by molar-refractivity contribution is 1.16. The highest BCUT2D eigenvalue weighted by Gasteiger charge is 1.99. The minimum Gasteiger partial charge on any atom is -0.370 e. The molecule has 3 nitrogen and oxygen atoms in total. The Bertz CT molecular complexity index is 231. The van der Waals surface area contributed by atoms with Gasteiger partial charge in [-0.05, 0) is 17.3 Å². The maximum Gasteiger partial charge on any atom is 0.162 e. The van der Waals surface area contributed by atoms with Crippen molar-refractivity contribution >= 4 is 21.3 Å². The fourth-order valence-corrected chi connectivity index (χ4v) is 1.31. The Morgan fingerprint density at radius 3 is 2.50 bits per heavy atom. The van der Waals surface area contributed by atoms with Crippen LogP contribution in [-0.2, 0) is 0 Å². The van der Waals surface area contributed by atoms with Crippen molar-refractivity contribution in [1.29, 1.82) is 0 Å². The third kappa shape index (κ3) is 1.33. The quantitative estimate of drug-likeness (QED) is 0.615. The number of rotatable bonds is 2. The Morgan fingerprint density at radius 2 is 2.20 bits per heavy atom. The number of nitroso groups, excluding NO2 is 1. The molecule has 1 heterocycles. The van der Waals surface area contributed by atoms with E-state index in [2.05, 4.69) is 5.18 Å². The number of anilines is 1. The molecule has 4 heteroatoms. The van der Waals surface area contributed by atoms with Gasteiger partial charge in [0.25, 0.3) is 0 Å². The van der Waals surface area contributed by atoms with Gasteiger partial charge in [-0.15, -0.1) is 4.91 Å². The molecule has 0 aromatic carbocycles. The van der Waals surface area contributed by atoms with Gasteiger partial charge in [-0.2, -0.15) is 0 Å². The van der Waals surface area contributed by atoms with E-state index in [1.165, 1.54) is 11.3 Å². The summed E-state index contributed by atoms with van der Waals surface area (Å²) < 4.78 is 0. The summed E-state index contributed by atoms with van der Waals surface area (Å²) in [6, 6.07) is 3.59. The van der Waals surface area contributed by atoms with E-state index in [0.717, 1.165) is 5.00 Å². The van der Waals surface area contributed by atoms with Crippen molar-refractivity contribution in [1.82, 2.24) is 0 Å². The van der Waals surface area contributed by atoms with Crippen molar-refractivity contribution in [3.05, 3.63) is 17.0 Å². The molecule has 10 heavy (non-hydrogen) atoms. The zero-order valence-corrected chi connectivity index (χ0v) is 6.68. The molecule has 0 radical (unpaired) electrons. The van der Waals surface area contributed by atoms with Gasteiger partial charge in [0.1, 0.15) is 0 Å². The second-order valence-corrected chi connectivity index (χ2v) is 3.14. The molecule has 0 fully saturated rings. The average molecular weight is 156 g/mol. The molecule has 0 N–H and O–H groups in total. The van der Waals surface area contributed by atoms with Crippen LogP contribution in [0.5, 0.6) is 0 Å². The van der Waals surface area contributed by atoms with Crippen molar-refractivity contribution in [2.45, 2.75) is 0 Å². The molecule has 0 spiro atoms. The number of thiophene rings is 1. The third-order valence-corrected chi connectivity index (χ3v) is 2.24. The largest absolute Gasteiger partial charge is 0.370 e. The van der Waals surface area contributed by atoms with E-state index < -0.39 is 0 Å². The van der Waals surface area contributed by atoms with Gasteiger partial charge in [0, 0.05) is 14.1 Å². The van der Waals surface area contributed by atoms with Crippen molar-refractivity contribution in [2.24, 2.45) is 5.18 Å². The van der Waals surface area contributed by atoms with Gasteiger partial charge >= 0.3 is 0 Å². The minimum absolute atomic E-state index is 0.531. The summed E-state index contributed by atoms with van der Waals surface area (Å²) >= 11 is 1.39. The highest BCUT2D eigenvalue weighted by atomic mass is 32.1. The summed E-state index contributed by atoms with van der Waals surface area (Å²) in [6.45, 7) is 0. The summed E-state index contributed by atoms with van der Waals surface area (Å²) in [5.74, 6) is 0. The van der Waals surface area contributed by atoms with E-state index in [1.807, 2.05) is 25.1 Å². The second-order valence-electron chi connectivity index (χ2n) is 2.10. The van der Waals surface area contributed by atoms with Crippen LogP contribution >= 0.6 is 11.3 Å². The standard InChI is InChI=1S/C6H8N2OS/c1-8(2)6-4-3-5(7-9)10-6/h3-4H,1-2H3. The van der Waals surface area contributed by atoms with Gasteiger partial charge in [-0.1, -0.05) is 11.3 Å². The highest BCUT2D eigenvalue weighted by Crippen LogP contribution is 2.30. The molecule has 0 aliphatic heterocycles. The second kappa shape index (κ2) is 2.79. The van der Waals surface area contributed by atoms with E-state index in [1.54, 1.807) is 6.07 Å². The van der Waals surface area contributed by atoms with E-state index in [4.69, 9.17) is 0 Å². The topological polar surface area (TPSA) is 32.7 Å². The molecule has 0 aliphatic carbocycles. The first-order valence-corrected chi connectivity index (χ1v) is 3.66. The lowest BCUT2D eigenvalue weighted by atomic mass is 10.6. The third-order valence-electron chi connectivity index (χ3n) is 1.11. The molecule has 0 amide bonds. The van der Waals surface area contributed by atoms with Crippen LogP contribution in [0.25, 0.3) is 0 Å². The van der Waals surface area contributed by atoms with Crippen LogP contribution in [0.3, 0.4) is 0 Å². The van der Waals surface area contributed by atoms with Gasteiger partial charge < -0.3 is 4.90 Å². The summed E-state index contributed by atoms with van der Waals surface area (Å²) in [5.41, 5.74) is 0. The molecular weight excluding hydrogens is 148 g/mol. The summed E-state index contributed by atoms with van der Waals surface area (Å²) in [6.07, 6.45) is 0. The monoisotopic (exact) mass is 156 g/mol. The Balaban J connectivity index is 2.88. The van der Waals surface area contributed by atoms with Crippen LogP contribution in [-0.4, -0.2) is 14.1 Å². The van der Waals surface area contributed by atoms with Crippen molar-refractivity contribution in [3.63, 3.8) is 0 Å². The molecule has 0 saturated carbocycles. The molecule has 0 aliphatic rings. The van der Waals surface area contributed by atoms with Crippen LogP contribution in [0.2, 0.25) is 0 Å². The molecule has 0 saturated heterocycles. The van der Waals surface area contributed by atoms with E-state index in [9.17, 15) is 4.91 Å². The first-order valence-electron chi connectivity index (χ1n) is 2.84. The molecular formula is C6H8N2OS. The Hall–Kier alpha value is -0.900. The smallest absolute Gasteiger partial charge is 0.162 e. The minimum atomic E-state index is 0.531. The van der Waals surface area contributed by atoms with Crippen molar-refractivity contribution in [2.75, 3.05) is 19.0 Å². The molecule has 0 unspecified atom stereocenters. The summed E-state index contributed by atoms with van der Waals surface area (Å²) in [7, 11) is 3.86. The van der Waals surface area contributed by atoms with E-state index >= 15 is 0 Å². The number of hydrogen-bond acceptors (Lipinski definition) is 4. The van der Waals surface area contributed by atoms with Crippen molar-refractivity contribution < 1.29 is 0 Å². The number of hydrogen-bond donors (Lipinski definition) is 0. The molecule has 1 aromatic heterocycles. The van der Waals surface area contributed by atoms with Gasteiger partial charge in [-0.25, -0.2) is 0 Å². The first kappa shape index (κ1) is 7.21. The van der Waals surface area contributed by atoms with Gasteiger partial charge in [-0.3, -0.25) is 0 Å². The summed E-state index contributed by atoms with van der Waals surface area (Å²) in [4.78, 5) is 11.9. The van der Waals surface area contributed by atoms with Gasteiger partial charge in [0.05, 0.1) is 5.00 Å². The van der Waals surface area contributed by atoms with Crippen molar-refractivity contribution in [3.8, 4) is 0 Å². The zero-order chi connectivity index (χ0) is 7.56. The Morgan fingerprint density at radius 1 is 1.50 bits per heavy atom. The van der Waals surface area contributed by atoms with Crippen LogP contribution in [0.1, 0.15) is 0 Å². The van der Waals surface area contributed by atoms with Crippen LogP contribution in [0, 0.1) is 4.91 Å². The van der Waals surface area contributed by atoms with Crippen LogP contribution < -0.4 is 4.90 Å². The molecule has 0 bridgehead atoms. The molecule has 1 aromatic rings. The molecule has 1 rings (SSSR count). The maximum atomic E-state index is 9.98. The normalized spacial score (nSPS) is 9.40. The van der Waals surface area contributed by atoms with Crippen LogP contribution in [0.15, 0.2) is 17.3 Å². The first-order chi connectivity index (χ1) is 4.74. The Kier molecular flexibility index (Phi) is 2.01. The van der Waals surface area contributed by atoms with E-state index in [-0.39, 0.29) is 0 Å². The maximum absolute atomic E-state index is 9.98. The molecule has 54 valence electrons. The Labute approximate surface area is 63.3 Å². The van der Waals surface area contributed by atoms with E-state index in [0.29, 0.717) is 5.00 Å². The van der Waals surface area contributed by atoms with Crippen LogP contribution in [0.4, 0.5) is 10.0 Å². The lowest BCUT2D eigenvalue weighted by Gasteiger charge is -2.06. The predicted octanol–water partition coefficient (Wildman–Crippen LogP) is 2.21. The fourth-order valence-electron chi connectivity index (χ4n) is 0.607. The SMILES string of the molecule is CN(C)c1ccc(N=O)s1. The lowest BCUT2D eigenvalue weighted by Crippen LogP contribution is -2.05. The average Bonchev–Trinajstić information content (AvgIpc) is 2.34. The highest BCUT2D eigenvalue weighted by molar-refractivity contribution is 7.19. The summed E-state index contributed by atoms with van der Waals surface area (Å²) in [5, 5.41) is 4.40.